The molecule has 3 aliphatic rings. The molecule has 2 aliphatic heterocycles. The second-order valence-electron chi connectivity index (χ2n) is 9.55. The van der Waals surface area contributed by atoms with Crippen LogP contribution >= 0.6 is 23.2 Å². The topological polar surface area (TPSA) is 64.1 Å². The molecule has 1 saturated carbocycles. The molecule has 184 valence electrons. The molecular formula is C25H31Cl2N3O3S. The minimum Gasteiger partial charge on any atom is -0.505 e. The largest absolute Gasteiger partial charge is 0.505 e. The Kier molecular flexibility index (Phi) is 7.02. The zero-order valence-corrected chi connectivity index (χ0v) is 21.5. The number of hydrogen-bond donors (Lipinski definition) is 1. The molecule has 0 amide bonds. The monoisotopic (exact) mass is 523 g/mol. The number of rotatable bonds is 4. The van der Waals surface area contributed by atoms with Crippen LogP contribution in [0.3, 0.4) is 0 Å². The van der Waals surface area contributed by atoms with Gasteiger partial charge in [-0.3, -0.25) is 4.90 Å². The molecule has 34 heavy (non-hydrogen) atoms. The van der Waals surface area contributed by atoms with Gasteiger partial charge in [-0.05, 0) is 61.1 Å². The minimum absolute atomic E-state index is 0.00518. The summed E-state index contributed by atoms with van der Waals surface area (Å²) in [5, 5.41) is 9.62. The summed E-state index contributed by atoms with van der Waals surface area (Å²) < 4.78 is 27.7. The molecule has 0 spiro atoms. The van der Waals surface area contributed by atoms with Crippen LogP contribution in [0, 0.1) is 0 Å². The normalized spacial score (nSPS) is 20.9. The summed E-state index contributed by atoms with van der Waals surface area (Å²) in [5.41, 5.74) is 4.05. The summed E-state index contributed by atoms with van der Waals surface area (Å²) in [6.07, 6.45) is 7.61. The van der Waals surface area contributed by atoms with E-state index in [0.717, 1.165) is 32.0 Å². The fourth-order valence-corrected chi connectivity index (χ4v) is 7.68. The van der Waals surface area contributed by atoms with Crippen LogP contribution in [0.25, 0.3) is 0 Å². The van der Waals surface area contributed by atoms with Crippen molar-refractivity contribution in [3.05, 3.63) is 51.5 Å². The van der Waals surface area contributed by atoms with Crippen LogP contribution in [0.5, 0.6) is 5.75 Å². The first-order chi connectivity index (χ1) is 16.3. The lowest BCUT2D eigenvalue weighted by molar-refractivity contribution is 0.208. The molecule has 2 aromatic carbocycles. The van der Waals surface area contributed by atoms with Crippen molar-refractivity contribution in [3.63, 3.8) is 0 Å². The van der Waals surface area contributed by atoms with Crippen molar-refractivity contribution in [2.24, 2.45) is 0 Å². The molecule has 6 nitrogen and oxygen atoms in total. The lowest BCUT2D eigenvalue weighted by atomic mass is 10.0. The average molecular weight is 525 g/mol. The highest BCUT2D eigenvalue weighted by molar-refractivity contribution is 7.89. The summed E-state index contributed by atoms with van der Waals surface area (Å²) in [6, 6.07) is 10.1. The number of piperazine rings is 1. The van der Waals surface area contributed by atoms with Crippen molar-refractivity contribution in [1.82, 2.24) is 9.21 Å². The number of nitrogens with zero attached hydrogens (tertiary/aromatic N) is 3. The molecule has 2 aromatic rings. The van der Waals surface area contributed by atoms with Gasteiger partial charge in [0, 0.05) is 51.0 Å². The highest BCUT2D eigenvalue weighted by atomic mass is 35.5. The number of phenols is 1. The van der Waals surface area contributed by atoms with Crippen molar-refractivity contribution in [1.29, 1.82) is 0 Å². The van der Waals surface area contributed by atoms with Crippen molar-refractivity contribution >= 4 is 38.9 Å². The van der Waals surface area contributed by atoms with Gasteiger partial charge in [-0.2, -0.15) is 4.31 Å². The highest BCUT2D eigenvalue weighted by Crippen LogP contribution is 2.35. The molecule has 2 heterocycles. The Morgan fingerprint density at radius 3 is 2.09 bits per heavy atom. The first-order valence-corrected chi connectivity index (χ1v) is 14.3. The van der Waals surface area contributed by atoms with Gasteiger partial charge in [0.05, 0.1) is 14.9 Å². The fraction of sp³-hybridized carbons (Fsp3) is 0.520. The summed E-state index contributed by atoms with van der Waals surface area (Å²) in [6.45, 7) is 4.28. The van der Waals surface area contributed by atoms with Crippen molar-refractivity contribution in [2.75, 3.05) is 44.2 Å². The van der Waals surface area contributed by atoms with E-state index in [1.54, 1.807) is 0 Å². The number of halogens is 2. The molecule has 1 aliphatic carbocycles. The molecule has 1 saturated heterocycles. The number of hydrogen-bond acceptors (Lipinski definition) is 5. The Hall–Kier alpha value is -1.51. The SMILES string of the molecule is O=S(=O)(c1cc(Cl)c(O)c(Cl)c1)N1CCN(c2ccc3c(c2)CCN(C2CCCC2)CC3)CC1. The second-order valence-corrected chi connectivity index (χ2v) is 12.3. The van der Waals surface area contributed by atoms with Crippen molar-refractivity contribution in [2.45, 2.75) is 49.5 Å². The first kappa shape index (κ1) is 24.2. The summed E-state index contributed by atoms with van der Waals surface area (Å²) in [5.74, 6) is -0.304. The standard InChI is InChI=1S/C25H31Cl2N3O3S/c26-23-16-22(17-24(27)25(23)31)34(32,33)30-13-11-29(12-14-30)21-6-5-18-7-9-28(10-8-19(18)15-21)20-3-1-2-4-20/h5-6,15-17,20,31H,1-4,7-14H2. The van der Waals surface area contributed by atoms with Gasteiger partial charge in [-0.15, -0.1) is 0 Å². The Balaban J connectivity index is 1.25. The van der Waals surface area contributed by atoms with Crippen LogP contribution in [0.15, 0.2) is 35.2 Å². The Bertz CT molecular complexity index is 1140. The van der Waals surface area contributed by atoms with E-state index in [1.165, 1.54) is 58.9 Å². The summed E-state index contributed by atoms with van der Waals surface area (Å²) in [4.78, 5) is 4.96. The summed E-state index contributed by atoms with van der Waals surface area (Å²) in [7, 11) is -3.74. The maximum atomic E-state index is 13.1. The third-order valence-corrected chi connectivity index (χ3v) is 10.1. The van der Waals surface area contributed by atoms with Crippen LogP contribution < -0.4 is 4.90 Å². The predicted octanol–water partition coefficient (Wildman–Crippen LogP) is 4.55. The quantitative estimate of drug-likeness (QED) is 0.636. The lowest BCUT2D eigenvalue weighted by Gasteiger charge is -2.35. The van der Waals surface area contributed by atoms with Gasteiger partial charge in [0.1, 0.15) is 0 Å². The fourth-order valence-electron chi connectivity index (χ4n) is 5.59. The lowest BCUT2D eigenvalue weighted by Crippen LogP contribution is -2.48. The third-order valence-electron chi connectivity index (χ3n) is 7.60. The Morgan fingerprint density at radius 1 is 0.824 bits per heavy atom. The van der Waals surface area contributed by atoms with E-state index < -0.39 is 10.0 Å². The van der Waals surface area contributed by atoms with Crippen LogP contribution in [0.1, 0.15) is 36.8 Å². The van der Waals surface area contributed by atoms with E-state index in [2.05, 4.69) is 28.0 Å². The zero-order chi connectivity index (χ0) is 23.9. The smallest absolute Gasteiger partial charge is 0.243 e. The minimum atomic E-state index is -3.74. The molecule has 0 bridgehead atoms. The van der Waals surface area contributed by atoms with E-state index in [4.69, 9.17) is 23.2 Å². The average Bonchev–Trinajstić information content (AvgIpc) is 3.29. The van der Waals surface area contributed by atoms with Crippen molar-refractivity contribution in [3.8, 4) is 5.75 Å². The first-order valence-electron chi connectivity index (χ1n) is 12.1. The number of benzene rings is 2. The number of anilines is 1. The van der Waals surface area contributed by atoms with Gasteiger partial charge in [-0.1, -0.05) is 42.1 Å². The third kappa shape index (κ3) is 4.78. The molecule has 9 heteroatoms. The predicted molar refractivity (Wildman–Crippen MR) is 137 cm³/mol. The number of phenolic OH excluding ortho intramolecular Hbond substituents is 1. The number of fused-ring (bicyclic) bond motifs is 1. The molecule has 5 rings (SSSR count). The van der Waals surface area contributed by atoms with Gasteiger partial charge >= 0.3 is 0 Å². The molecular weight excluding hydrogens is 493 g/mol. The Morgan fingerprint density at radius 2 is 1.44 bits per heavy atom. The van der Waals surface area contributed by atoms with E-state index in [9.17, 15) is 13.5 Å². The van der Waals surface area contributed by atoms with Crippen LogP contribution in [-0.4, -0.2) is 68.0 Å². The number of aromatic hydroxyl groups is 1. The van der Waals surface area contributed by atoms with E-state index >= 15 is 0 Å². The van der Waals surface area contributed by atoms with Gasteiger partial charge in [0.2, 0.25) is 10.0 Å². The molecule has 0 unspecified atom stereocenters. The maximum absolute atomic E-state index is 13.1. The highest BCUT2D eigenvalue weighted by Gasteiger charge is 2.30. The van der Waals surface area contributed by atoms with Gasteiger partial charge < -0.3 is 10.0 Å². The molecule has 2 fully saturated rings. The van der Waals surface area contributed by atoms with Crippen LogP contribution in [0.2, 0.25) is 10.0 Å². The maximum Gasteiger partial charge on any atom is 0.243 e. The second kappa shape index (κ2) is 9.86. The molecule has 0 radical (unpaired) electrons. The van der Waals surface area contributed by atoms with Crippen LogP contribution in [0.4, 0.5) is 5.69 Å². The van der Waals surface area contributed by atoms with E-state index in [1.807, 2.05) is 0 Å². The van der Waals surface area contributed by atoms with Crippen molar-refractivity contribution < 1.29 is 13.5 Å². The van der Waals surface area contributed by atoms with E-state index in [0.29, 0.717) is 26.2 Å². The van der Waals surface area contributed by atoms with Gasteiger partial charge in [-0.25, -0.2) is 8.42 Å². The number of sulfonamides is 1. The molecule has 0 atom stereocenters. The Labute approximate surface area is 212 Å². The van der Waals surface area contributed by atoms with E-state index in [-0.39, 0.29) is 20.7 Å². The molecule has 1 N–H and O–H groups in total. The zero-order valence-electron chi connectivity index (χ0n) is 19.2. The van der Waals surface area contributed by atoms with Crippen LogP contribution in [-0.2, 0) is 22.9 Å². The van der Waals surface area contributed by atoms with Gasteiger partial charge in [0.15, 0.2) is 5.75 Å². The van der Waals surface area contributed by atoms with Gasteiger partial charge in [0.25, 0.3) is 0 Å². The molecule has 0 aromatic heterocycles. The summed E-state index contributed by atoms with van der Waals surface area (Å²) >= 11 is 11.9.